The van der Waals surface area contributed by atoms with Gasteiger partial charge in [-0.3, -0.25) is 9.36 Å². The molecule has 0 radical (unpaired) electrons. The lowest BCUT2D eigenvalue weighted by atomic mass is 10.1. The van der Waals surface area contributed by atoms with Gasteiger partial charge >= 0.3 is 12.1 Å². The van der Waals surface area contributed by atoms with Crippen molar-refractivity contribution in [2.45, 2.75) is 31.6 Å². The van der Waals surface area contributed by atoms with Crippen LogP contribution in [0.5, 0.6) is 0 Å². The van der Waals surface area contributed by atoms with Gasteiger partial charge in [-0.25, -0.2) is 14.2 Å². The first-order valence-electron chi connectivity index (χ1n) is 10.5. The molecule has 0 aliphatic carbocycles. The lowest BCUT2D eigenvalue weighted by Gasteiger charge is -2.33. The van der Waals surface area contributed by atoms with Crippen LogP contribution in [0.3, 0.4) is 0 Å². The number of anilines is 1. The van der Waals surface area contributed by atoms with Crippen LogP contribution in [0.25, 0.3) is 10.9 Å². The molecule has 0 amide bonds. The van der Waals surface area contributed by atoms with Crippen molar-refractivity contribution in [2.75, 3.05) is 18.0 Å². The van der Waals surface area contributed by atoms with Gasteiger partial charge in [-0.15, -0.1) is 0 Å². The summed E-state index contributed by atoms with van der Waals surface area (Å²) in [6, 6.07) is 13.3. The van der Waals surface area contributed by atoms with Crippen molar-refractivity contribution in [1.82, 2.24) is 9.55 Å². The van der Waals surface area contributed by atoms with E-state index in [-0.39, 0.29) is 23.5 Å². The molecule has 4 rings (SSSR count). The summed E-state index contributed by atoms with van der Waals surface area (Å²) in [4.78, 5) is 28.8. The Bertz CT molecular complexity index is 1330. The standard InChI is InChI=1S/C21H20FN5O.C2HF3O2/c22-16-7-8-19-18(10-16)20(28)27(12-15-5-2-1-4-14(15)11-23)21(25-19)26-9-3-6-17(24)13-26;3-2(4,5)1(6)7/h1-2,4-5,7-8,10,17H,3,6,9,12-13,24H2;(H,6,7)/t17-;/m1./s1. The van der Waals surface area contributed by atoms with Gasteiger partial charge in [-0.05, 0) is 42.7 Å². The summed E-state index contributed by atoms with van der Waals surface area (Å²) >= 11 is 0. The first-order valence-corrected chi connectivity index (χ1v) is 10.5. The second-order valence-electron chi connectivity index (χ2n) is 7.88. The van der Waals surface area contributed by atoms with E-state index in [1.54, 1.807) is 12.1 Å². The maximum Gasteiger partial charge on any atom is 0.490 e. The van der Waals surface area contributed by atoms with E-state index >= 15 is 0 Å². The molecule has 184 valence electrons. The van der Waals surface area contributed by atoms with Crippen LogP contribution in [0, 0.1) is 17.1 Å². The molecular formula is C23H21F4N5O3. The number of alkyl halides is 3. The van der Waals surface area contributed by atoms with Gasteiger partial charge < -0.3 is 15.7 Å². The largest absolute Gasteiger partial charge is 0.490 e. The average Bonchev–Trinajstić information content (AvgIpc) is 2.81. The number of aromatic nitrogens is 2. The molecular weight excluding hydrogens is 470 g/mol. The number of piperidine rings is 1. The Balaban J connectivity index is 0.000000429. The van der Waals surface area contributed by atoms with Gasteiger partial charge in [0, 0.05) is 19.1 Å². The predicted octanol–water partition coefficient (Wildman–Crippen LogP) is 3.02. The third-order valence-corrected chi connectivity index (χ3v) is 5.35. The monoisotopic (exact) mass is 491 g/mol. The quantitative estimate of drug-likeness (QED) is 0.540. The number of carboxylic acids is 1. The van der Waals surface area contributed by atoms with Crippen molar-refractivity contribution in [3.8, 4) is 6.07 Å². The van der Waals surface area contributed by atoms with E-state index in [0.717, 1.165) is 19.4 Å². The minimum atomic E-state index is -5.08. The number of nitrogens with two attached hydrogens (primary N) is 1. The Morgan fingerprint density at radius 3 is 2.57 bits per heavy atom. The number of benzene rings is 2. The molecule has 0 saturated carbocycles. The summed E-state index contributed by atoms with van der Waals surface area (Å²) in [5.74, 6) is -2.73. The molecule has 1 aliphatic rings. The van der Waals surface area contributed by atoms with Crippen molar-refractivity contribution in [2.24, 2.45) is 5.73 Å². The molecule has 12 heteroatoms. The van der Waals surface area contributed by atoms with E-state index in [2.05, 4.69) is 11.1 Å². The van der Waals surface area contributed by atoms with Gasteiger partial charge in [0.05, 0.1) is 29.1 Å². The summed E-state index contributed by atoms with van der Waals surface area (Å²) in [6.07, 6.45) is -3.25. The van der Waals surface area contributed by atoms with Crippen LogP contribution in [0.1, 0.15) is 24.0 Å². The maximum atomic E-state index is 13.8. The number of hydrogen-bond donors (Lipinski definition) is 2. The Morgan fingerprint density at radius 1 is 1.26 bits per heavy atom. The predicted molar refractivity (Wildman–Crippen MR) is 119 cm³/mol. The maximum absolute atomic E-state index is 13.8. The molecule has 3 N–H and O–H groups in total. The second-order valence-corrected chi connectivity index (χ2v) is 7.88. The van der Waals surface area contributed by atoms with Gasteiger partial charge in [0.2, 0.25) is 5.95 Å². The highest BCUT2D eigenvalue weighted by atomic mass is 19.4. The SMILES string of the molecule is N#Cc1ccccc1Cn1c(N2CCC[C@@H](N)C2)nc2ccc(F)cc2c1=O.O=C(O)C(F)(F)F. The topological polar surface area (TPSA) is 125 Å². The highest BCUT2D eigenvalue weighted by Crippen LogP contribution is 2.21. The summed E-state index contributed by atoms with van der Waals surface area (Å²) in [6.45, 7) is 1.52. The van der Waals surface area contributed by atoms with Crippen molar-refractivity contribution in [3.05, 3.63) is 69.8 Å². The van der Waals surface area contributed by atoms with Crippen LogP contribution in [-0.4, -0.2) is 45.9 Å². The second kappa shape index (κ2) is 10.5. The molecule has 1 atom stereocenters. The minimum absolute atomic E-state index is 0.00871. The zero-order valence-electron chi connectivity index (χ0n) is 18.3. The van der Waals surface area contributed by atoms with Gasteiger partial charge in [0.25, 0.3) is 5.56 Å². The molecule has 1 saturated heterocycles. The zero-order chi connectivity index (χ0) is 25.8. The highest BCUT2D eigenvalue weighted by Gasteiger charge is 2.38. The normalized spacial score (nSPS) is 15.8. The van der Waals surface area contributed by atoms with E-state index in [9.17, 15) is 27.6 Å². The molecule has 8 nitrogen and oxygen atoms in total. The number of nitrogens with zero attached hydrogens (tertiary/aromatic N) is 4. The van der Waals surface area contributed by atoms with Crippen molar-refractivity contribution in [3.63, 3.8) is 0 Å². The number of halogens is 4. The number of carbonyl (C=O) groups is 1. The third-order valence-electron chi connectivity index (χ3n) is 5.35. The number of rotatable bonds is 3. The molecule has 2 heterocycles. The van der Waals surface area contributed by atoms with Crippen LogP contribution in [-0.2, 0) is 11.3 Å². The van der Waals surface area contributed by atoms with Gasteiger partial charge in [-0.1, -0.05) is 18.2 Å². The molecule has 0 bridgehead atoms. The molecule has 35 heavy (non-hydrogen) atoms. The Morgan fingerprint density at radius 2 is 1.94 bits per heavy atom. The van der Waals surface area contributed by atoms with E-state index in [0.29, 0.717) is 29.1 Å². The highest BCUT2D eigenvalue weighted by molar-refractivity contribution is 5.79. The van der Waals surface area contributed by atoms with E-state index in [1.807, 2.05) is 17.0 Å². The Hall–Kier alpha value is -3.98. The van der Waals surface area contributed by atoms with Crippen LogP contribution in [0.4, 0.5) is 23.5 Å². The van der Waals surface area contributed by atoms with Crippen LogP contribution in [0.2, 0.25) is 0 Å². The Kier molecular flexibility index (Phi) is 7.71. The number of nitriles is 1. The zero-order valence-corrected chi connectivity index (χ0v) is 18.3. The van der Waals surface area contributed by atoms with Gasteiger partial charge in [0.1, 0.15) is 5.82 Å². The molecule has 0 unspecified atom stereocenters. The average molecular weight is 491 g/mol. The first kappa shape index (κ1) is 25.6. The van der Waals surface area contributed by atoms with Crippen molar-refractivity contribution in [1.29, 1.82) is 5.26 Å². The summed E-state index contributed by atoms with van der Waals surface area (Å²) < 4.78 is 47.0. The van der Waals surface area contributed by atoms with Crippen LogP contribution >= 0.6 is 0 Å². The van der Waals surface area contributed by atoms with Crippen LogP contribution in [0.15, 0.2) is 47.3 Å². The summed E-state index contributed by atoms with van der Waals surface area (Å²) in [7, 11) is 0. The Labute approximate surface area is 196 Å². The van der Waals surface area contributed by atoms with Gasteiger partial charge in [0.15, 0.2) is 0 Å². The smallest absolute Gasteiger partial charge is 0.475 e. The van der Waals surface area contributed by atoms with E-state index in [1.165, 1.54) is 22.8 Å². The minimum Gasteiger partial charge on any atom is -0.475 e. The van der Waals surface area contributed by atoms with E-state index in [4.69, 9.17) is 15.6 Å². The molecule has 2 aromatic carbocycles. The molecule has 1 aromatic heterocycles. The lowest BCUT2D eigenvalue weighted by Crippen LogP contribution is -2.45. The fraction of sp³-hybridized carbons (Fsp3) is 0.304. The first-order chi connectivity index (χ1) is 16.5. The number of fused-ring (bicyclic) bond motifs is 1. The third kappa shape index (κ3) is 6.13. The molecule has 0 spiro atoms. The lowest BCUT2D eigenvalue weighted by molar-refractivity contribution is -0.192. The fourth-order valence-corrected chi connectivity index (χ4v) is 3.69. The summed E-state index contributed by atoms with van der Waals surface area (Å²) in [5.41, 5.74) is 7.46. The van der Waals surface area contributed by atoms with Crippen molar-refractivity contribution >= 4 is 22.8 Å². The summed E-state index contributed by atoms with van der Waals surface area (Å²) in [5, 5.41) is 16.7. The molecule has 1 aliphatic heterocycles. The van der Waals surface area contributed by atoms with Gasteiger partial charge in [-0.2, -0.15) is 18.4 Å². The number of carboxylic acid groups (broad SMARTS) is 1. The molecule has 1 fully saturated rings. The van der Waals surface area contributed by atoms with Crippen molar-refractivity contribution < 1.29 is 27.5 Å². The van der Waals surface area contributed by atoms with Crippen LogP contribution < -0.4 is 16.2 Å². The number of aliphatic carboxylic acids is 1. The van der Waals surface area contributed by atoms with E-state index < -0.39 is 18.0 Å². The fourth-order valence-electron chi connectivity index (χ4n) is 3.69. The number of hydrogen-bond acceptors (Lipinski definition) is 6. The molecule has 3 aromatic rings.